The van der Waals surface area contributed by atoms with Gasteiger partial charge in [-0.25, -0.2) is 13.8 Å². The molecule has 0 bridgehead atoms. The van der Waals surface area contributed by atoms with Crippen LogP contribution in [0.15, 0.2) is 40.5 Å². The second kappa shape index (κ2) is 6.50. The van der Waals surface area contributed by atoms with Gasteiger partial charge >= 0.3 is 0 Å². The molecule has 0 fully saturated rings. The second-order valence-electron chi connectivity index (χ2n) is 5.98. The van der Waals surface area contributed by atoms with E-state index >= 15 is 0 Å². The normalized spacial score (nSPS) is 14.5. The van der Waals surface area contributed by atoms with Gasteiger partial charge in [0, 0.05) is 31.6 Å². The summed E-state index contributed by atoms with van der Waals surface area (Å²) < 4.78 is 27.7. The molecule has 0 aliphatic carbocycles. The molecule has 3 heterocycles. The summed E-state index contributed by atoms with van der Waals surface area (Å²) in [6.45, 7) is 1.06. The highest BCUT2D eigenvalue weighted by atomic mass is 32.1. The molecule has 0 saturated heterocycles. The maximum absolute atomic E-state index is 13.8. The van der Waals surface area contributed by atoms with E-state index in [0.29, 0.717) is 30.9 Å². The fourth-order valence-corrected chi connectivity index (χ4v) is 3.72. The monoisotopic (exact) mass is 359 g/mol. The summed E-state index contributed by atoms with van der Waals surface area (Å²) in [5.41, 5.74) is 1.18. The molecule has 0 unspecified atom stereocenters. The van der Waals surface area contributed by atoms with Crippen LogP contribution < -0.4 is 5.56 Å². The minimum absolute atomic E-state index is 0.0329. The summed E-state index contributed by atoms with van der Waals surface area (Å²) in [5, 5.41) is 1.93. The third-order valence-corrected chi connectivity index (χ3v) is 5.22. The van der Waals surface area contributed by atoms with Gasteiger partial charge in [-0.05, 0) is 23.6 Å². The van der Waals surface area contributed by atoms with Gasteiger partial charge in [-0.3, -0.25) is 9.69 Å². The third-order valence-electron chi connectivity index (χ3n) is 4.35. The lowest BCUT2D eigenvalue weighted by molar-refractivity contribution is 0.235. The predicted molar refractivity (Wildman–Crippen MR) is 92.3 cm³/mol. The number of benzene rings is 1. The Morgan fingerprint density at radius 1 is 1.20 bits per heavy atom. The van der Waals surface area contributed by atoms with Crippen molar-refractivity contribution in [3.05, 3.63) is 74.5 Å². The molecule has 1 aromatic carbocycles. The number of nitrogens with zero attached hydrogens (tertiary/aromatic N) is 2. The molecular formula is C18H15F2N3OS. The first-order valence-corrected chi connectivity index (χ1v) is 8.81. The second-order valence-corrected chi connectivity index (χ2v) is 6.93. The van der Waals surface area contributed by atoms with Crippen LogP contribution in [0, 0.1) is 11.6 Å². The molecule has 128 valence electrons. The molecule has 3 aromatic rings. The molecular weight excluding hydrogens is 344 g/mol. The zero-order chi connectivity index (χ0) is 17.4. The van der Waals surface area contributed by atoms with E-state index in [0.717, 1.165) is 10.6 Å². The number of thiophene rings is 1. The Labute approximate surface area is 146 Å². The first-order chi connectivity index (χ1) is 12.1. The Morgan fingerprint density at radius 3 is 2.72 bits per heavy atom. The van der Waals surface area contributed by atoms with Crippen LogP contribution in [0.4, 0.5) is 8.78 Å². The highest BCUT2D eigenvalue weighted by Crippen LogP contribution is 2.23. The van der Waals surface area contributed by atoms with Gasteiger partial charge < -0.3 is 4.98 Å². The highest BCUT2D eigenvalue weighted by Gasteiger charge is 2.23. The SMILES string of the molecule is O=c1[nH]c(-c2cccs2)nc2c1CN(Cc1c(F)cccc1F)CC2. The molecule has 1 N–H and O–H groups in total. The largest absolute Gasteiger partial charge is 0.306 e. The van der Waals surface area contributed by atoms with E-state index in [9.17, 15) is 13.6 Å². The summed E-state index contributed by atoms with van der Waals surface area (Å²) in [4.78, 5) is 22.6. The van der Waals surface area contributed by atoms with E-state index < -0.39 is 11.6 Å². The van der Waals surface area contributed by atoms with E-state index in [1.807, 2.05) is 22.4 Å². The van der Waals surface area contributed by atoms with Gasteiger partial charge in [0.25, 0.3) is 5.56 Å². The summed E-state index contributed by atoms with van der Waals surface area (Å²) in [6, 6.07) is 7.66. The van der Waals surface area contributed by atoms with E-state index in [4.69, 9.17) is 0 Å². The number of halogens is 2. The fourth-order valence-electron chi connectivity index (χ4n) is 3.05. The lowest BCUT2D eigenvalue weighted by Gasteiger charge is -2.27. The van der Waals surface area contributed by atoms with Crippen LogP contribution >= 0.6 is 11.3 Å². The highest BCUT2D eigenvalue weighted by molar-refractivity contribution is 7.13. The van der Waals surface area contributed by atoms with Gasteiger partial charge in [-0.15, -0.1) is 11.3 Å². The van der Waals surface area contributed by atoms with Crippen molar-refractivity contribution in [1.82, 2.24) is 14.9 Å². The molecule has 4 rings (SSSR count). The quantitative estimate of drug-likeness (QED) is 0.780. The molecule has 2 aromatic heterocycles. The Hall–Kier alpha value is -2.38. The van der Waals surface area contributed by atoms with Crippen molar-refractivity contribution in [1.29, 1.82) is 0 Å². The van der Waals surface area contributed by atoms with Crippen LogP contribution in [0.25, 0.3) is 10.7 Å². The first-order valence-electron chi connectivity index (χ1n) is 7.93. The molecule has 1 aliphatic heterocycles. The van der Waals surface area contributed by atoms with Gasteiger partial charge in [0.15, 0.2) is 5.82 Å². The summed E-state index contributed by atoms with van der Waals surface area (Å²) in [7, 11) is 0. The van der Waals surface area contributed by atoms with Gasteiger partial charge in [0.05, 0.1) is 16.1 Å². The van der Waals surface area contributed by atoms with Gasteiger partial charge in [0.2, 0.25) is 0 Å². The number of fused-ring (bicyclic) bond motifs is 1. The summed E-state index contributed by atoms with van der Waals surface area (Å²) in [5.74, 6) is -0.552. The van der Waals surface area contributed by atoms with Crippen LogP contribution in [0.1, 0.15) is 16.8 Å². The number of H-pyrrole nitrogens is 1. The van der Waals surface area contributed by atoms with E-state index in [1.54, 1.807) is 0 Å². The van der Waals surface area contributed by atoms with Crippen LogP contribution in [-0.4, -0.2) is 21.4 Å². The zero-order valence-corrected chi connectivity index (χ0v) is 14.1. The van der Waals surface area contributed by atoms with Crippen LogP contribution in [0.2, 0.25) is 0 Å². The Morgan fingerprint density at radius 2 is 2.00 bits per heavy atom. The smallest absolute Gasteiger partial charge is 0.255 e. The fraction of sp³-hybridized carbons (Fsp3) is 0.222. The molecule has 0 atom stereocenters. The standard InChI is InChI=1S/C18H15F2N3OS/c19-13-3-1-4-14(20)11(13)9-23-7-6-15-12(10-23)18(24)22-17(21-15)16-5-2-8-25-16/h1-5,8H,6-7,9-10H2,(H,21,22,24). The van der Waals surface area contributed by atoms with E-state index in [1.165, 1.54) is 29.5 Å². The molecule has 1 aliphatic rings. The van der Waals surface area contributed by atoms with Crippen LogP contribution in [0.5, 0.6) is 0 Å². The van der Waals surface area contributed by atoms with Crippen LogP contribution in [0.3, 0.4) is 0 Å². The molecule has 0 radical (unpaired) electrons. The van der Waals surface area contributed by atoms with Crippen molar-refractivity contribution < 1.29 is 8.78 Å². The zero-order valence-electron chi connectivity index (χ0n) is 13.3. The molecule has 0 saturated carbocycles. The van der Waals surface area contributed by atoms with Crippen molar-refractivity contribution in [2.75, 3.05) is 6.54 Å². The Balaban J connectivity index is 1.61. The lowest BCUT2D eigenvalue weighted by Crippen LogP contribution is -2.35. The average molecular weight is 359 g/mol. The molecule has 0 spiro atoms. The Bertz CT molecular complexity index is 949. The lowest BCUT2D eigenvalue weighted by atomic mass is 10.1. The van der Waals surface area contributed by atoms with E-state index in [2.05, 4.69) is 9.97 Å². The summed E-state index contributed by atoms with van der Waals surface area (Å²) >= 11 is 1.51. The summed E-state index contributed by atoms with van der Waals surface area (Å²) in [6.07, 6.45) is 0.577. The predicted octanol–water partition coefficient (Wildman–Crippen LogP) is 3.33. The maximum Gasteiger partial charge on any atom is 0.255 e. The number of nitrogens with one attached hydrogen (secondary N) is 1. The number of aromatic nitrogens is 2. The van der Waals surface area contributed by atoms with Crippen molar-refractivity contribution in [2.45, 2.75) is 19.5 Å². The maximum atomic E-state index is 13.8. The minimum Gasteiger partial charge on any atom is -0.306 e. The number of aromatic amines is 1. The van der Waals surface area contributed by atoms with Gasteiger partial charge in [-0.1, -0.05) is 12.1 Å². The van der Waals surface area contributed by atoms with Crippen LogP contribution in [-0.2, 0) is 19.5 Å². The number of rotatable bonds is 3. The van der Waals surface area contributed by atoms with Crippen molar-refractivity contribution in [3.8, 4) is 10.7 Å². The molecule has 7 heteroatoms. The topological polar surface area (TPSA) is 49.0 Å². The molecule has 25 heavy (non-hydrogen) atoms. The average Bonchev–Trinajstić information content (AvgIpc) is 3.13. The van der Waals surface area contributed by atoms with E-state index in [-0.39, 0.29) is 17.7 Å². The molecule has 4 nitrogen and oxygen atoms in total. The van der Waals surface area contributed by atoms with Crippen molar-refractivity contribution in [3.63, 3.8) is 0 Å². The molecule has 0 amide bonds. The minimum atomic E-state index is -0.564. The van der Waals surface area contributed by atoms with Crippen molar-refractivity contribution >= 4 is 11.3 Å². The number of hydrogen-bond donors (Lipinski definition) is 1. The van der Waals surface area contributed by atoms with Gasteiger partial charge in [-0.2, -0.15) is 0 Å². The van der Waals surface area contributed by atoms with Gasteiger partial charge in [0.1, 0.15) is 11.6 Å². The number of hydrogen-bond acceptors (Lipinski definition) is 4. The van der Waals surface area contributed by atoms with Crippen molar-refractivity contribution in [2.24, 2.45) is 0 Å². The Kier molecular flexibility index (Phi) is 4.19. The first kappa shape index (κ1) is 16.1. The third kappa shape index (κ3) is 3.12.